The highest BCUT2D eigenvalue weighted by atomic mass is 79.9. The third-order valence-electron chi connectivity index (χ3n) is 1.82. The van der Waals surface area contributed by atoms with Crippen LogP contribution >= 0.6 is 15.9 Å². The average molecular weight is 237 g/mol. The molecule has 0 radical (unpaired) electrons. The van der Waals surface area contributed by atoms with Gasteiger partial charge in [-0.05, 0) is 25.5 Å². The summed E-state index contributed by atoms with van der Waals surface area (Å²) < 4.78 is 0. The van der Waals surface area contributed by atoms with Gasteiger partial charge in [-0.3, -0.25) is 0 Å². The first-order chi connectivity index (χ1) is 6.24. The molecule has 0 atom stereocenters. The smallest absolute Gasteiger partial charge is 0.0274 e. The minimum atomic E-state index is 0.910. The number of rotatable bonds is 1. The molecule has 0 aliphatic heterocycles. The molecule has 0 amide bonds. The van der Waals surface area contributed by atoms with Crippen molar-refractivity contribution in [3.8, 4) is 11.8 Å². The van der Waals surface area contributed by atoms with Gasteiger partial charge in [-0.2, -0.15) is 0 Å². The standard InChI is InChI=1S/C12H13Br/c1-10-6-7-12(11(2)9-10)5-3-4-8-13/h6-7,9H,4,8H2,1-2H3. The lowest BCUT2D eigenvalue weighted by atomic mass is 10.1. The predicted octanol–water partition coefficient (Wildman–Crippen LogP) is 3.44. The molecular weight excluding hydrogens is 224 g/mol. The SMILES string of the molecule is Cc1ccc(C#CCCBr)c(C)c1. The summed E-state index contributed by atoms with van der Waals surface area (Å²) in [5.74, 6) is 6.28. The predicted molar refractivity (Wildman–Crippen MR) is 61.2 cm³/mol. The lowest BCUT2D eigenvalue weighted by molar-refractivity contribution is 1.31. The molecule has 0 nitrogen and oxygen atoms in total. The number of halogens is 1. The van der Waals surface area contributed by atoms with E-state index >= 15 is 0 Å². The third kappa shape index (κ3) is 3.24. The Balaban J connectivity index is 2.85. The van der Waals surface area contributed by atoms with Crippen LogP contribution in [-0.2, 0) is 0 Å². The van der Waals surface area contributed by atoms with E-state index in [0.717, 1.165) is 17.3 Å². The molecule has 0 heterocycles. The lowest BCUT2D eigenvalue weighted by Crippen LogP contribution is -1.83. The monoisotopic (exact) mass is 236 g/mol. The number of alkyl halides is 1. The molecular formula is C12H13Br. The van der Waals surface area contributed by atoms with Crippen molar-refractivity contribution >= 4 is 15.9 Å². The van der Waals surface area contributed by atoms with Gasteiger partial charge in [0.1, 0.15) is 0 Å². The van der Waals surface area contributed by atoms with Crippen LogP contribution in [0.15, 0.2) is 18.2 Å². The van der Waals surface area contributed by atoms with E-state index in [0.29, 0.717) is 0 Å². The molecule has 0 fully saturated rings. The van der Waals surface area contributed by atoms with E-state index in [1.54, 1.807) is 0 Å². The van der Waals surface area contributed by atoms with Crippen molar-refractivity contribution in [2.45, 2.75) is 20.3 Å². The summed E-state index contributed by atoms with van der Waals surface area (Å²) in [6, 6.07) is 6.36. The van der Waals surface area contributed by atoms with E-state index < -0.39 is 0 Å². The van der Waals surface area contributed by atoms with E-state index in [1.165, 1.54) is 11.1 Å². The molecule has 1 heteroatoms. The van der Waals surface area contributed by atoms with Gasteiger partial charge in [-0.15, -0.1) is 0 Å². The fourth-order valence-electron chi connectivity index (χ4n) is 1.16. The normalized spacial score (nSPS) is 9.15. The summed E-state index contributed by atoms with van der Waals surface area (Å²) in [6.07, 6.45) is 0.910. The Bertz CT molecular complexity index is 342. The summed E-state index contributed by atoms with van der Waals surface area (Å²) in [6.45, 7) is 4.20. The highest BCUT2D eigenvalue weighted by Crippen LogP contribution is 2.08. The second-order valence-corrected chi connectivity index (χ2v) is 3.85. The van der Waals surface area contributed by atoms with E-state index in [-0.39, 0.29) is 0 Å². The molecule has 0 saturated heterocycles. The summed E-state index contributed by atoms with van der Waals surface area (Å²) in [5, 5.41) is 0.949. The fraction of sp³-hybridized carbons (Fsp3) is 0.333. The zero-order chi connectivity index (χ0) is 9.68. The molecule has 1 aromatic carbocycles. The van der Waals surface area contributed by atoms with Crippen LogP contribution in [0.4, 0.5) is 0 Å². The second-order valence-electron chi connectivity index (χ2n) is 3.06. The highest BCUT2D eigenvalue weighted by molar-refractivity contribution is 9.09. The second kappa shape index (κ2) is 5.09. The van der Waals surface area contributed by atoms with Crippen molar-refractivity contribution in [2.75, 3.05) is 5.33 Å². The Labute approximate surface area is 88.5 Å². The van der Waals surface area contributed by atoms with Crippen LogP contribution in [0.25, 0.3) is 0 Å². The topological polar surface area (TPSA) is 0 Å². The van der Waals surface area contributed by atoms with E-state index in [2.05, 4.69) is 59.8 Å². The first-order valence-corrected chi connectivity index (χ1v) is 5.48. The van der Waals surface area contributed by atoms with Crippen molar-refractivity contribution in [3.05, 3.63) is 34.9 Å². The molecule has 13 heavy (non-hydrogen) atoms. The molecule has 0 bridgehead atoms. The first-order valence-electron chi connectivity index (χ1n) is 4.36. The fourth-order valence-corrected chi connectivity index (χ4v) is 1.36. The Morgan fingerprint density at radius 1 is 1.31 bits per heavy atom. The molecule has 0 N–H and O–H groups in total. The Morgan fingerprint density at radius 3 is 2.69 bits per heavy atom. The van der Waals surface area contributed by atoms with Crippen molar-refractivity contribution in [1.82, 2.24) is 0 Å². The van der Waals surface area contributed by atoms with Crippen LogP contribution in [0, 0.1) is 25.7 Å². The van der Waals surface area contributed by atoms with Crippen LogP contribution in [0.3, 0.4) is 0 Å². The van der Waals surface area contributed by atoms with Gasteiger partial charge in [0.25, 0.3) is 0 Å². The molecule has 0 spiro atoms. The molecule has 0 aliphatic carbocycles. The Hall–Kier alpha value is -0.740. The number of benzene rings is 1. The van der Waals surface area contributed by atoms with Crippen molar-refractivity contribution < 1.29 is 0 Å². The van der Waals surface area contributed by atoms with Gasteiger partial charge in [-0.1, -0.05) is 45.5 Å². The lowest BCUT2D eigenvalue weighted by Gasteiger charge is -1.98. The maximum atomic E-state index is 3.35. The van der Waals surface area contributed by atoms with E-state index in [1.807, 2.05) is 0 Å². The van der Waals surface area contributed by atoms with Crippen LogP contribution < -0.4 is 0 Å². The molecule has 1 aromatic rings. The van der Waals surface area contributed by atoms with Crippen molar-refractivity contribution in [2.24, 2.45) is 0 Å². The summed E-state index contributed by atoms with van der Waals surface area (Å²) >= 11 is 3.35. The van der Waals surface area contributed by atoms with Gasteiger partial charge in [0.05, 0.1) is 0 Å². The maximum absolute atomic E-state index is 3.35. The van der Waals surface area contributed by atoms with E-state index in [4.69, 9.17) is 0 Å². The van der Waals surface area contributed by atoms with Crippen LogP contribution in [0.5, 0.6) is 0 Å². The number of aryl methyl sites for hydroxylation is 2. The first kappa shape index (κ1) is 10.3. The van der Waals surface area contributed by atoms with Crippen LogP contribution in [0.2, 0.25) is 0 Å². The van der Waals surface area contributed by atoms with Gasteiger partial charge >= 0.3 is 0 Å². The number of hydrogen-bond acceptors (Lipinski definition) is 0. The molecule has 0 saturated carbocycles. The summed E-state index contributed by atoms with van der Waals surface area (Å²) in [5.41, 5.74) is 3.71. The zero-order valence-electron chi connectivity index (χ0n) is 8.02. The number of hydrogen-bond donors (Lipinski definition) is 0. The van der Waals surface area contributed by atoms with Crippen molar-refractivity contribution in [1.29, 1.82) is 0 Å². The van der Waals surface area contributed by atoms with Crippen LogP contribution in [0.1, 0.15) is 23.1 Å². The highest BCUT2D eigenvalue weighted by Gasteiger charge is 1.92. The summed E-state index contributed by atoms with van der Waals surface area (Å²) in [7, 11) is 0. The van der Waals surface area contributed by atoms with Crippen molar-refractivity contribution in [3.63, 3.8) is 0 Å². The zero-order valence-corrected chi connectivity index (χ0v) is 9.61. The largest absolute Gasteiger partial charge is 0.0970 e. The molecule has 0 aromatic heterocycles. The van der Waals surface area contributed by atoms with Gasteiger partial charge in [0.2, 0.25) is 0 Å². The maximum Gasteiger partial charge on any atom is 0.0274 e. The van der Waals surface area contributed by atoms with Crippen LogP contribution in [-0.4, -0.2) is 5.33 Å². The molecule has 0 aliphatic rings. The quantitative estimate of drug-likeness (QED) is 0.518. The summed E-state index contributed by atoms with van der Waals surface area (Å²) in [4.78, 5) is 0. The van der Waals surface area contributed by atoms with Gasteiger partial charge in [0, 0.05) is 17.3 Å². The Morgan fingerprint density at radius 2 is 2.08 bits per heavy atom. The third-order valence-corrected chi connectivity index (χ3v) is 2.22. The van der Waals surface area contributed by atoms with Gasteiger partial charge < -0.3 is 0 Å². The molecule has 1 rings (SSSR count). The minimum absolute atomic E-state index is 0.910. The molecule has 68 valence electrons. The molecule has 0 unspecified atom stereocenters. The van der Waals surface area contributed by atoms with E-state index in [9.17, 15) is 0 Å². The Kier molecular flexibility index (Phi) is 4.05. The van der Waals surface area contributed by atoms with Gasteiger partial charge in [-0.25, -0.2) is 0 Å². The average Bonchev–Trinajstić information content (AvgIpc) is 2.09. The minimum Gasteiger partial charge on any atom is -0.0970 e. The van der Waals surface area contributed by atoms with Gasteiger partial charge in [0.15, 0.2) is 0 Å².